The predicted molar refractivity (Wildman–Crippen MR) is 83.8 cm³/mol. The third kappa shape index (κ3) is 2.79. The zero-order valence-electron chi connectivity index (χ0n) is 12.9. The summed E-state index contributed by atoms with van der Waals surface area (Å²) in [4.78, 5) is 12.8. The second-order valence-corrected chi connectivity index (χ2v) is 6.16. The zero-order valence-corrected chi connectivity index (χ0v) is 12.9. The summed E-state index contributed by atoms with van der Waals surface area (Å²) in [6.45, 7) is 0. The second-order valence-electron chi connectivity index (χ2n) is 6.16. The lowest BCUT2D eigenvalue weighted by molar-refractivity contribution is -0.138. The largest absolute Gasteiger partial charge is 0.508 e. The highest BCUT2D eigenvalue weighted by atomic mass is 19.4. The van der Waals surface area contributed by atoms with E-state index in [1.165, 1.54) is 18.2 Å². The van der Waals surface area contributed by atoms with Crippen LogP contribution in [0, 0.1) is 0 Å². The predicted octanol–water partition coefficient (Wildman–Crippen LogP) is 4.84. The number of alkyl halides is 3. The number of hydrogen-bond donors (Lipinski definition) is 1. The third-order valence-electron chi connectivity index (χ3n) is 4.72. The first kappa shape index (κ1) is 16.6. The molecule has 1 aliphatic rings. The fourth-order valence-electron chi connectivity index (χ4n) is 3.51. The number of ketones is 1. The van der Waals surface area contributed by atoms with Crippen LogP contribution in [0.15, 0.2) is 48.5 Å². The maximum absolute atomic E-state index is 13.1. The van der Waals surface area contributed by atoms with E-state index in [4.69, 9.17) is 0 Å². The van der Waals surface area contributed by atoms with Crippen LogP contribution >= 0.6 is 0 Å². The molecule has 2 nitrogen and oxygen atoms in total. The molecule has 0 aliphatic heterocycles. The Morgan fingerprint density at radius 3 is 2.29 bits per heavy atom. The summed E-state index contributed by atoms with van der Waals surface area (Å²) in [7, 11) is 0. The third-order valence-corrected chi connectivity index (χ3v) is 4.72. The van der Waals surface area contributed by atoms with E-state index < -0.39 is 17.2 Å². The van der Waals surface area contributed by atoms with Crippen LogP contribution in [0.3, 0.4) is 0 Å². The van der Waals surface area contributed by atoms with Gasteiger partial charge in [-0.15, -0.1) is 0 Å². The molecule has 2 aromatic rings. The smallest absolute Gasteiger partial charge is 0.416 e. The molecule has 1 saturated carbocycles. The molecular weight excluding hydrogens is 317 g/mol. The van der Waals surface area contributed by atoms with E-state index in [0.717, 1.165) is 25.0 Å². The molecule has 1 fully saturated rings. The maximum Gasteiger partial charge on any atom is 0.416 e. The van der Waals surface area contributed by atoms with E-state index in [2.05, 4.69) is 0 Å². The lowest BCUT2D eigenvalue weighted by Gasteiger charge is -2.37. The molecular formula is C19H17F3O2. The SMILES string of the molecule is O=C1CCCC[C@]1(c1ccc(O)cc1)c1cccc(C(F)(F)F)c1. The van der Waals surface area contributed by atoms with Crippen LogP contribution in [0.5, 0.6) is 5.75 Å². The van der Waals surface area contributed by atoms with Gasteiger partial charge in [-0.05, 0) is 42.2 Å². The number of carbonyl (C=O) groups excluding carboxylic acids is 1. The molecule has 0 aromatic heterocycles. The Bertz CT molecular complexity index is 750. The van der Waals surface area contributed by atoms with E-state index in [1.807, 2.05) is 0 Å². The van der Waals surface area contributed by atoms with Crippen molar-refractivity contribution < 1.29 is 23.1 Å². The van der Waals surface area contributed by atoms with Gasteiger partial charge in [-0.1, -0.05) is 36.8 Å². The summed E-state index contributed by atoms with van der Waals surface area (Å²) in [5, 5.41) is 9.49. The summed E-state index contributed by atoms with van der Waals surface area (Å²) < 4.78 is 39.3. The molecule has 1 atom stereocenters. The summed E-state index contributed by atoms with van der Waals surface area (Å²) in [5.74, 6) is -0.0139. The van der Waals surface area contributed by atoms with Crippen LogP contribution in [0.1, 0.15) is 42.4 Å². The molecule has 0 heterocycles. The molecule has 0 bridgehead atoms. The van der Waals surface area contributed by atoms with E-state index in [-0.39, 0.29) is 11.5 Å². The molecule has 5 heteroatoms. The highest BCUT2D eigenvalue weighted by Crippen LogP contribution is 2.44. The van der Waals surface area contributed by atoms with Crippen LogP contribution in [-0.4, -0.2) is 10.9 Å². The van der Waals surface area contributed by atoms with Crippen molar-refractivity contribution >= 4 is 5.78 Å². The molecule has 3 rings (SSSR count). The first-order valence-corrected chi connectivity index (χ1v) is 7.84. The number of carbonyl (C=O) groups is 1. The maximum atomic E-state index is 13.1. The van der Waals surface area contributed by atoms with E-state index in [0.29, 0.717) is 24.0 Å². The summed E-state index contributed by atoms with van der Waals surface area (Å²) in [6.07, 6.45) is -2.13. The summed E-state index contributed by atoms with van der Waals surface area (Å²) in [6, 6.07) is 11.2. The van der Waals surface area contributed by atoms with Gasteiger partial charge in [-0.3, -0.25) is 4.79 Å². The molecule has 2 aromatic carbocycles. The van der Waals surface area contributed by atoms with Crippen LogP contribution in [0.2, 0.25) is 0 Å². The van der Waals surface area contributed by atoms with Gasteiger partial charge in [0.1, 0.15) is 11.5 Å². The number of benzene rings is 2. The van der Waals surface area contributed by atoms with Crippen molar-refractivity contribution in [1.82, 2.24) is 0 Å². The number of phenols is 1. The van der Waals surface area contributed by atoms with Gasteiger partial charge >= 0.3 is 6.18 Å². The average Bonchev–Trinajstić information content (AvgIpc) is 2.56. The fourth-order valence-corrected chi connectivity index (χ4v) is 3.51. The lowest BCUT2D eigenvalue weighted by atomic mass is 9.64. The van der Waals surface area contributed by atoms with Crippen molar-refractivity contribution in [3.05, 3.63) is 65.2 Å². The van der Waals surface area contributed by atoms with Crippen molar-refractivity contribution in [2.24, 2.45) is 0 Å². The normalized spacial score (nSPS) is 21.7. The number of phenolic OH excluding ortho intramolecular Hbond substituents is 1. The molecule has 1 N–H and O–H groups in total. The molecule has 0 saturated heterocycles. The molecule has 126 valence electrons. The number of aromatic hydroxyl groups is 1. The van der Waals surface area contributed by atoms with Gasteiger partial charge in [0.25, 0.3) is 0 Å². The van der Waals surface area contributed by atoms with E-state index in [1.54, 1.807) is 18.2 Å². The van der Waals surface area contributed by atoms with Crippen molar-refractivity contribution in [1.29, 1.82) is 0 Å². The summed E-state index contributed by atoms with van der Waals surface area (Å²) in [5.41, 5.74) is -0.832. The van der Waals surface area contributed by atoms with Crippen LogP contribution in [0.4, 0.5) is 13.2 Å². The number of hydrogen-bond acceptors (Lipinski definition) is 2. The minimum atomic E-state index is -4.45. The topological polar surface area (TPSA) is 37.3 Å². The number of rotatable bonds is 2. The Morgan fingerprint density at radius 2 is 1.67 bits per heavy atom. The van der Waals surface area contributed by atoms with Crippen molar-refractivity contribution in [2.75, 3.05) is 0 Å². The van der Waals surface area contributed by atoms with E-state index in [9.17, 15) is 23.1 Å². The monoisotopic (exact) mass is 334 g/mol. The standard InChI is InChI=1S/C19H17F3O2/c20-19(21,22)15-5-3-4-14(12-15)18(11-2-1-6-17(18)24)13-7-9-16(23)10-8-13/h3-5,7-10,12,23H,1-2,6,11H2/t18-/m0/s1. The van der Waals surface area contributed by atoms with Gasteiger partial charge in [0, 0.05) is 6.42 Å². The molecule has 1 aliphatic carbocycles. The van der Waals surface area contributed by atoms with Gasteiger partial charge in [0.15, 0.2) is 0 Å². The Balaban J connectivity index is 2.19. The van der Waals surface area contributed by atoms with Crippen molar-refractivity contribution in [2.45, 2.75) is 37.3 Å². The quantitative estimate of drug-likeness (QED) is 0.853. The van der Waals surface area contributed by atoms with Gasteiger partial charge in [-0.25, -0.2) is 0 Å². The Morgan fingerprint density at radius 1 is 0.958 bits per heavy atom. The first-order valence-electron chi connectivity index (χ1n) is 7.84. The van der Waals surface area contributed by atoms with Crippen LogP contribution in [0.25, 0.3) is 0 Å². The van der Waals surface area contributed by atoms with Crippen LogP contribution < -0.4 is 0 Å². The molecule has 24 heavy (non-hydrogen) atoms. The van der Waals surface area contributed by atoms with Gasteiger partial charge in [0.05, 0.1) is 11.0 Å². The number of Topliss-reactive ketones (excluding diaryl/α,β-unsaturated/α-hetero) is 1. The molecule has 0 radical (unpaired) electrons. The van der Waals surface area contributed by atoms with Gasteiger partial charge < -0.3 is 5.11 Å². The Labute approximate surface area is 137 Å². The van der Waals surface area contributed by atoms with E-state index >= 15 is 0 Å². The second kappa shape index (κ2) is 5.96. The van der Waals surface area contributed by atoms with Crippen molar-refractivity contribution in [3.8, 4) is 5.75 Å². The molecule has 0 unspecified atom stereocenters. The molecule has 0 spiro atoms. The fraction of sp³-hybridized carbons (Fsp3) is 0.316. The van der Waals surface area contributed by atoms with Crippen LogP contribution in [-0.2, 0) is 16.4 Å². The highest BCUT2D eigenvalue weighted by Gasteiger charge is 2.44. The Kier molecular flexibility index (Phi) is 4.11. The summed E-state index contributed by atoms with van der Waals surface area (Å²) >= 11 is 0. The van der Waals surface area contributed by atoms with Gasteiger partial charge in [-0.2, -0.15) is 13.2 Å². The Hall–Kier alpha value is -2.30. The number of halogens is 3. The lowest BCUT2D eigenvalue weighted by Crippen LogP contribution is -2.40. The average molecular weight is 334 g/mol. The minimum Gasteiger partial charge on any atom is -0.508 e. The van der Waals surface area contributed by atoms with Crippen molar-refractivity contribution in [3.63, 3.8) is 0 Å². The zero-order chi connectivity index (χ0) is 17.4. The highest BCUT2D eigenvalue weighted by molar-refractivity contribution is 5.94. The molecule has 0 amide bonds. The minimum absolute atomic E-state index is 0.0567. The van der Waals surface area contributed by atoms with Gasteiger partial charge in [0.2, 0.25) is 0 Å². The first-order chi connectivity index (χ1) is 11.3.